The van der Waals surface area contributed by atoms with E-state index in [1.165, 1.54) is 30.4 Å². The first-order valence-corrected chi connectivity index (χ1v) is 11.3. The third-order valence-corrected chi connectivity index (χ3v) is 6.60. The molecule has 1 atom stereocenters. The number of carbonyl (C=O) groups is 2. The van der Waals surface area contributed by atoms with Crippen LogP contribution in [0.5, 0.6) is 11.5 Å². The molecule has 1 aromatic heterocycles. The van der Waals surface area contributed by atoms with Gasteiger partial charge in [-0.2, -0.15) is 0 Å². The molecule has 0 aliphatic carbocycles. The topological polar surface area (TPSA) is 130 Å². The Hall–Kier alpha value is -3.64. The van der Waals surface area contributed by atoms with Gasteiger partial charge in [0.2, 0.25) is 6.79 Å². The maximum Gasteiger partial charge on any atom is 0.339 e. The van der Waals surface area contributed by atoms with Crippen molar-refractivity contribution in [2.24, 2.45) is 0 Å². The third kappa shape index (κ3) is 5.23. The number of nitrogens with zero attached hydrogens (tertiary/aromatic N) is 2. The molecule has 1 amide bonds. The van der Waals surface area contributed by atoms with Crippen molar-refractivity contribution < 1.29 is 28.7 Å². The fourth-order valence-electron chi connectivity index (χ4n) is 2.85. The van der Waals surface area contributed by atoms with Gasteiger partial charge in [-0.05, 0) is 38.1 Å². The van der Waals surface area contributed by atoms with Crippen molar-refractivity contribution in [3.05, 3.63) is 63.1 Å². The van der Waals surface area contributed by atoms with Crippen molar-refractivity contribution in [2.75, 3.05) is 12.1 Å². The fraction of sp³-hybridized carbons (Fsp3) is 0.190. The van der Waals surface area contributed by atoms with Crippen LogP contribution in [0.25, 0.3) is 0 Å². The first-order valence-electron chi connectivity index (χ1n) is 9.60. The van der Waals surface area contributed by atoms with E-state index in [1.54, 1.807) is 18.2 Å². The van der Waals surface area contributed by atoms with Crippen LogP contribution >= 0.6 is 23.1 Å². The summed E-state index contributed by atoms with van der Waals surface area (Å²) in [6.45, 7) is 3.34. The van der Waals surface area contributed by atoms with Crippen LogP contribution in [-0.2, 0) is 9.53 Å². The molecule has 0 fully saturated rings. The number of hydrogen-bond donors (Lipinski definition) is 1. The number of benzene rings is 2. The molecule has 0 unspecified atom stereocenters. The molecule has 3 aromatic rings. The standard InChI is InChI=1S/C21H17N3O7S2/c1-11-9-32-21(22-11)33-18-6-3-13(7-15(18)24(27)28)20(26)31-12(2)19(25)23-14-4-5-16-17(8-14)30-10-29-16/h3-9,12H,10H2,1-2H3,(H,23,25)/t12-/m0/s1. The van der Waals surface area contributed by atoms with Crippen molar-refractivity contribution in [1.29, 1.82) is 0 Å². The van der Waals surface area contributed by atoms with Gasteiger partial charge < -0.3 is 19.5 Å². The van der Waals surface area contributed by atoms with Gasteiger partial charge in [0.1, 0.15) is 0 Å². The Morgan fingerprint density at radius 2 is 2.03 bits per heavy atom. The predicted octanol–water partition coefficient (Wildman–Crippen LogP) is 4.42. The monoisotopic (exact) mass is 487 g/mol. The van der Waals surface area contributed by atoms with Crippen LogP contribution < -0.4 is 14.8 Å². The Kier molecular flexibility index (Phi) is 6.47. The van der Waals surface area contributed by atoms with Gasteiger partial charge >= 0.3 is 5.97 Å². The van der Waals surface area contributed by atoms with Crippen LogP contribution in [0.15, 0.2) is 51.0 Å². The van der Waals surface area contributed by atoms with E-state index in [-0.39, 0.29) is 18.0 Å². The van der Waals surface area contributed by atoms with Gasteiger partial charge in [-0.1, -0.05) is 11.8 Å². The number of fused-ring (bicyclic) bond motifs is 1. The van der Waals surface area contributed by atoms with E-state index in [0.29, 0.717) is 26.4 Å². The molecule has 12 heteroatoms. The summed E-state index contributed by atoms with van der Waals surface area (Å²) in [7, 11) is 0. The van der Waals surface area contributed by atoms with Crippen LogP contribution in [0.2, 0.25) is 0 Å². The molecule has 2 aromatic carbocycles. The number of anilines is 1. The zero-order valence-corrected chi connectivity index (χ0v) is 19.0. The quantitative estimate of drug-likeness (QED) is 0.292. The number of hydrogen-bond acceptors (Lipinski definition) is 10. The maximum atomic E-state index is 12.5. The summed E-state index contributed by atoms with van der Waals surface area (Å²) in [5, 5.41) is 16.0. The van der Waals surface area contributed by atoms with E-state index in [4.69, 9.17) is 14.2 Å². The van der Waals surface area contributed by atoms with Crippen molar-refractivity contribution in [2.45, 2.75) is 29.2 Å². The van der Waals surface area contributed by atoms with Crippen LogP contribution in [0.4, 0.5) is 11.4 Å². The molecule has 1 aliphatic rings. The Bertz CT molecular complexity index is 1240. The predicted molar refractivity (Wildman–Crippen MR) is 120 cm³/mol. The molecule has 0 spiro atoms. The molecule has 170 valence electrons. The summed E-state index contributed by atoms with van der Waals surface area (Å²) in [5.41, 5.74) is 0.976. The lowest BCUT2D eigenvalue weighted by molar-refractivity contribution is -0.387. The van der Waals surface area contributed by atoms with Crippen molar-refractivity contribution in [1.82, 2.24) is 4.98 Å². The van der Waals surface area contributed by atoms with E-state index in [9.17, 15) is 19.7 Å². The summed E-state index contributed by atoms with van der Waals surface area (Å²) in [6, 6.07) is 8.89. The molecular formula is C21H17N3O7S2. The molecule has 0 saturated heterocycles. The Balaban J connectivity index is 1.43. The second kappa shape index (κ2) is 9.46. The number of carbonyl (C=O) groups excluding carboxylic acids is 2. The number of amides is 1. The third-order valence-electron chi connectivity index (χ3n) is 4.48. The van der Waals surface area contributed by atoms with Crippen molar-refractivity contribution in [3.63, 3.8) is 0 Å². The lowest BCUT2D eigenvalue weighted by atomic mass is 10.2. The van der Waals surface area contributed by atoms with Crippen molar-refractivity contribution in [3.8, 4) is 11.5 Å². The number of nitro benzene ring substituents is 1. The van der Waals surface area contributed by atoms with Crippen LogP contribution in [0.3, 0.4) is 0 Å². The van der Waals surface area contributed by atoms with Crippen LogP contribution in [0, 0.1) is 17.0 Å². The molecule has 1 aliphatic heterocycles. The highest BCUT2D eigenvalue weighted by Crippen LogP contribution is 2.37. The molecule has 33 heavy (non-hydrogen) atoms. The van der Waals surface area contributed by atoms with E-state index in [2.05, 4.69) is 10.3 Å². The van der Waals surface area contributed by atoms with Gasteiger partial charge in [-0.25, -0.2) is 9.78 Å². The average Bonchev–Trinajstić information content (AvgIpc) is 3.41. The number of thiazole rings is 1. The molecule has 10 nitrogen and oxygen atoms in total. The molecule has 0 radical (unpaired) electrons. The number of rotatable bonds is 7. The van der Waals surface area contributed by atoms with Gasteiger partial charge in [-0.3, -0.25) is 14.9 Å². The van der Waals surface area contributed by atoms with E-state index in [1.807, 2.05) is 12.3 Å². The first kappa shape index (κ1) is 22.6. The summed E-state index contributed by atoms with van der Waals surface area (Å²) >= 11 is 2.51. The SMILES string of the molecule is Cc1csc(Sc2ccc(C(=O)O[C@@H](C)C(=O)Nc3ccc4c(c3)OCO4)cc2[N+](=O)[O-])n1. The molecule has 0 saturated carbocycles. The Labute approximate surface area is 196 Å². The van der Waals surface area contributed by atoms with Gasteiger partial charge in [-0.15, -0.1) is 11.3 Å². The van der Waals surface area contributed by atoms with E-state index >= 15 is 0 Å². The minimum absolute atomic E-state index is 0.0379. The normalized spacial score (nSPS) is 12.8. The minimum atomic E-state index is -1.14. The first-order chi connectivity index (χ1) is 15.8. The van der Waals surface area contributed by atoms with Gasteiger partial charge in [0.05, 0.1) is 15.4 Å². The number of aromatic nitrogens is 1. The largest absolute Gasteiger partial charge is 0.454 e. The average molecular weight is 488 g/mol. The smallest absolute Gasteiger partial charge is 0.339 e. The summed E-state index contributed by atoms with van der Waals surface area (Å²) in [5.74, 6) is -0.354. The number of ether oxygens (including phenoxy) is 3. The number of nitrogens with one attached hydrogen (secondary N) is 1. The highest BCUT2D eigenvalue weighted by atomic mass is 32.2. The number of nitro groups is 1. The lowest BCUT2D eigenvalue weighted by Crippen LogP contribution is -2.30. The Morgan fingerprint density at radius 3 is 2.76 bits per heavy atom. The van der Waals surface area contributed by atoms with E-state index < -0.39 is 22.9 Å². The van der Waals surface area contributed by atoms with Gasteiger partial charge in [0.15, 0.2) is 21.9 Å². The molecule has 1 N–H and O–H groups in total. The minimum Gasteiger partial charge on any atom is -0.454 e. The maximum absolute atomic E-state index is 12.5. The molecule has 4 rings (SSSR count). The van der Waals surface area contributed by atoms with Gasteiger partial charge in [0, 0.05) is 28.9 Å². The molecule has 2 heterocycles. The van der Waals surface area contributed by atoms with Crippen LogP contribution in [0.1, 0.15) is 23.0 Å². The summed E-state index contributed by atoms with van der Waals surface area (Å²) < 4.78 is 16.3. The van der Waals surface area contributed by atoms with Gasteiger partial charge in [0.25, 0.3) is 11.6 Å². The van der Waals surface area contributed by atoms with Crippen molar-refractivity contribution >= 4 is 46.3 Å². The second-order valence-electron chi connectivity index (χ2n) is 6.90. The summed E-state index contributed by atoms with van der Waals surface area (Å²) in [4.78, 5) is 40.6. The number of esters is 1. The second-order valence-corrected chi connectivity index (χ2v) is 9.05. The number of aryl methyl sites for hydroxylation is 1. The van der Waals surface area contributed by atoms with E-state index in [0.717, 1.165) is 23.5 Å². The fourth-order valence-corrected chi connectivity index (χ4v) is 4.73. The highest BCUT2D eigenvalue weighted by Gasteiger charge is 2.24. The lowest BCUT2D eigenvalue weighted by Gasteiger charge is -2.14. The molecule has 0 bridgehead atoms. The highest BCUT2D eigenvalue weighted by molar-refractivity contribution is 8.01. The zero-order chi connectivity index (χ0) is 23.5. The molecular weight excluding hydrogens is 470 g/mol. The summed E-state index contributed by atoms with van der Waals surface area (Å²) in [6.07, 6.45) is -1.14. The van der Waals surface area contributed by atoms with Crippen LogP contribution in [-0.4, -0.2) is 34.7 Å². The zero-order valence-electron chi connectivity index (χ0n) is 17.4. The Morgan fingerprint density at radius 1 is 1.24 bits per heavy atom.